The summed E-state index contributed by atoms with van der Waals surface area (Å²) in [6.07, 6.45) is 7.80. The second-order valence-corrected chi connectivity index (χ2v) is 6.95. The van der Waals surface area contributed by atoms with E-state index in [1.807, 2.05) is 49.4 Å². The molecule has 0 aliphatic carbocycles. The SMILES string of the molecule is CC/C=C(\C/C=C\C(C)N)c1nnc(CSCCOc2ccccc2)o1. The summed E-state index contributed by atoms with van der Waals surface area (Å²) < 4.78 is 11.5. The number of hydrogen-bond donors (Lipinski definition) is 1. The van der Waals surface area contributed by atoms with Crippen molar-refractivity contribution in [3.05, 3.63) is 60.3 Å². The maximum absolute atomic E-state index is 5.80. The number of nitrogens with zero attached hydrogens (tertiary/aromatic N) is 2. The van der Waals surface area contributed by atoms with Crippen molar-refractivity contribution in [2.45, 2.75) is 38.5 Å². The number of thioether (sulfide) groups is 1. The van der Waals surface area contributed by atoms with Crippen LogP contribution in [0.15, 0.2) is 53.0 Å². The Hall–Kier alpha value is -2.05. The van der Waals surface area contributed by atoms with E-state index >= 15 is 0 Å². The highest BCUT2D eigenvalue weighted by molar-refractivity contribution is 7.98. The first-order valence-corrected chi connectivity index (χ1v) is 10.0. The fourth-order valence-electron chi connectivity index (χ4n) is 2.25. The van der Waals surface area contributed by atoms with E-state index in [-0.39, 0.29) is 6.04 Å². The second-order valence-electron chi connectivity index (χ2n) is 5.84. The van der Waals surface area contributed by atoms with E-state index in [2.05, 4.69) is 23.2 Å². The molecular weight excluding hydrogens is 346 g/mol. The smallest absolute Gasteiger partial charge is 0.243 e. The van der Waals surface area contributed by atoms with Crippen molar-refractivity contribution in [1.29, 1.82) is 0 Å². The van der Waals surface area contributed by atoms with Crippen molar-refractivity contribution in [2.24, 2.45) is 5.73 Å². The monoisotopic (exact) mass is 373 g/mol. The molecule has 0 saturated carbocycles. The number of ether oxygens (including phenoxy) is 1. The first-order valence-electron chi connectivity index (χ1n) is 8.88. The zero-order valence-corrected chi connectivity index (χ0v) is 16.2. The molecule has 0 aliphatic heterocycles. The van der Waals surface area contributed by atoms with Crippen LogP contribution >= 0.6 is 11.8 Å². The summed E-state index contributed by atoms with van der Waals surface area (Å²) in [6, 6.07) is 9.86. The van der Waals surface area contributed by atoms with Crippen LogP contribution in [0.1, 0.15) is 38.5 Å². The topological polar surface area (TPSA) is 74.2 Å². The van der Waals surface area contributed by atoms with Gasteiger partial charge in [0.25, 0.3) is 0 Å². The molecule has 2 N–H and O–H groups in total. The first kappa shape index (κ1) is 20.3. The number of allylic oxidation sites excluding steroid dienone is 3. The van der Waals surface area contributed by atoms with Crippen LogP contribution < -0.4 is 10.5 Å². The Labute approximate surface area is 159 Å². The van der Waals surface area contributed by atoms with Crippen LogP contribution in [0.4, 0.5) is 0 Å². The minimum absolute atomic E-state index is 0.0469. The number of benzene rings is 1. The van der Waals surface area contributed by atoms with Crippen LogP contribution in [0.25, 0.3) is 5.57 Å². The number of para-hydroxylation sites is 1. The maximum Gasteiger partial charge on any atom is 0.243 e. The molecule has 0 spiro atoms. The molecule has 140 valence electrons. The predicted octanol–water partition coefficient (Wildman–Crippen LogP) is 4.47. The van der Waals surface area contributed by atoms with Crippen molar-refractivity contribution in [1.82, 2.24) is 10.2 Å². The maximum atomic E-state index is 5.80. The molecule has 2 rings (SSSR count). The quantitative estimate of drug-likeness (QED) is 0.463. The number of nitrogens with two attached hydrogens (primary N) is 1. The van der Waals surface area contributed by atoms with E-state index in [4.69, 9.17) is 14.9 Å². The Morgan fingerprint density at radius 2 is 2.12 bits per heavy atom. The van der Waals surface area contributed by atoms with Gasteiger partial charge in [-0.15, -0.1) is 22.0 Å². The van der Waals surface area contributed by atoms with Crippen molar-refractivity contribution < 1.29 is 9.15 Å². The molecule has 0 saturated heterocycles. The minimum atomic E-state index is 0.0469. The predicted molar refractivity (Wildman–Crippen MR) is 108 cm³/mol. The summed E-state index contributed by atoms with van der Waals surface area (Å²) >= 11 is 1.71. The zero-order chi connectivity index (χ0) is 18.6. The van der Waals surface area contributed by atoms with E-state index < -0.39 is 0 Å². The third-order valence-electron chi connectivity index (χ3n) is 3.43. The lowest BCUT2D eigenvalue weighted by atomic mass is 10.1. The summed E-state index contributed by atoms with van der Waals surface area (Å²) in [5, 5.41) is 8.34. The van der Waals surface area contributed by atoms with Gasteiger partial charge in [-0.1, -0.05) is 43.4 Å². The van der Waals surface area contributed by atoms with Crippen LogP contribution in [-0.2, 0) is 5.75 Å². The van der Waals surface area contributed by atoms with Gasteiger partial charge in [-0.2, -0.15) is 0 Å². The van der Waals surface area contributed by atoms with Gasteiger partial charge in [0, 0.05) is 17.4 Å². The van der Waals surface area contributed by atoms with Crippen LogP contribution in [0.2, 0.25) is 0 Å². The normalized spacial score (nSPS) is 13.3. The van der Waals surface area contributed by atoms with Crippen LogP contribution in [0.3, 0.4) is 0 Å². The molecule has 2 aromatic rings. The largest absolute Gasteiger partial charge is 0.493 e. The standard InChI is InChI=1S/C20H27N3O2S/c1-3-8-17(10-7-9-16(2)21)20-23-22-19(25-20)15-26-14-13-24-18-11-5-4-6-12-18/h4-9,11-12,16H,3,10,13-15,21H2,1-2H3/b9-7-,17-8+. The summed E-state index contributed by atoms with van der Waals surface area (Å²) in [7, 11) is 0. The Kier molecular flexibility index (Phi) is 9.00. The van der Waals surface area contributed by atoms with E-state index in [9.17, 15) is 0 Å². The Bertz CT molecular complexity index is 696. The van der Waals surface area contributed by atoms with Crippen molar-refractivity contribution >= 4 is 17.3 Å². The number of aromatic nitrogens is 2. The molecule has 6 heteroatoms. The molecular formula is C20H27N3O2S. The molecule has 1 unspecified atom stereocenters. The van der Waals surface area contributed by atoms with Crippen LogP contribution in [0, 0.1) is 0 Å². The van der Waals surface area contributed by atoms with Crippen molar-refractivity contribution in [3.63, 3.8) is 0 Å². The first-order chi connectivity index (χ1) is 12.7. The van der Waals surface area contributed by atoms with Gasteiger partial charge in [0.2, 0.25) is 11.8 Å². The Morgan fingerprint density at radius 1 is 1.31 bits per heavy atom. The number of hydrogen-bond acceptors (Lipinski definition) is 6. The zero-order valence-electron chi connectivity index (χ0n) is 15.4. The molecule has 0 fully saturated rings. The van der Waals surface area contributed by atoms with Gasteiger partial charge in [-0.3, -0.25) is 0 Å². The highest BCUT2D eigenvalue weighted by Gasteiger charge is 2.10. The lowest BCUT2D eigenvalue weighted by molar-refractivity contribution is 0.344. The molecule has 5 nitrogen and oxygen atoms in total. The Morgan fingerprint density at radius 3 is 2.85 bits per heavy atom. The van der Waals surface area contributed by atoms with Crippen LogP contribution in [-0.4, -0.2) is 28.6 Å². The molecule has 0 bridgehead atoms. The molecule has 1 aromatic heterocycles. The summed E-state index contributed by atoms with van der Waals surface area (Å²) in [5.41, 5.74) is 6.78. The summed E-state index contributed by atoms with van der Waals surface area (Å²) in [5.74, 6) is 3.67. The number of rotatable bonds is 11. The third-order valence-corrected chi connectivity index (χ3v) is 4.34. The molecule has 1 heterocycles. The molecule has 0 aliphatic rings. The van der Waals surface area contributed by atoms with E-state index in [0.29, 0.717) is 24.1 Å². The van der Waals surface area contributed by atoms with Gasteiger partial charge < -0.3 is 14.9 Å². The molecule has 26 heavy (non-hydrogen) atoms. The molecule has 1 aromatic carbocycles. The fraction of sp³-hybridized carbons (Fsp3) is 0.400. The van der Waals surface area contributed by atoms with Gasteiger partial charge in [-0.25, -0.2) is 0 Å². The lowest BCUT2D eigenvalue weighted by Gasteiger charge is -2.04. The lowest BCUT2D eigenvalue weighted by Crippen LogP contribution is -2.10. The highest BCUT2D eigenvalue weighted by Crippen LogP contribution is 2.20. The Balaban J connectivity index is 1.77. The van der Waals surface area contributed by atoms with Gasteiger partial charge >= 0.3 is 0 Å². The minimum Gasteiger partial charge on any atom is -0.493 e. The van der Waals surface area contributed by atoms with Gasteiger partial charge in [-0.05, 0) is 31.9 Å². The van der Waals surface area contributed by atoms with Crippen molar-refractivity contribution in [2.75, 3.05) is 12.4 Å². The third kappa shape index (κ3) is 7.45. The highest BCUT2D eigenvalue weighted by atomic mass is 32.2. The van der Waals surface area contributed by atoms with Gasteiger partial charge in [0.05, 0.1) is 12.4 Å². The summed E-state index contributed by atoms with van der Waals surface area (Å²) in [6.45, 7) is 4.69. The van der Waals surface area contributed by atoms with E-state index in [0.717, 1.165) is 29.9 Å². The molecule has 1 atom stereocenters. The average molecular weight is 374 g/mol. The van der Waals surface area contributed by atoms with Gasteiger partial charge in [0.15, 0.2) is 0 Å². The summed E-state index contributed by atoms with van der Waals surface area (Å²) in [4.78, 5) is 0. The van der Waals surface area contributed by atoms with Crippen molar-refractivity contribution in [3.8, 4) is 5.75 Å². The molecule has 0 radical (unpaired) electrons. The fourth-order valence-corrected chi connectivity index (χ4v) is 2.89. The van der Waals surface area contributed by atoms with Crippen LogP contribution in [0.5, 0.6) is 5.75 Å². The second kappa shape index (κ2) is 11.5. The van der Waals surface area contributed by atoms with E-state index in [1.165, 1.54) is 0 Å². The van der Waals surface area contributed by atoms with E-state index in [1.54, 1.807) is 11.8 Å². The average Bonchev–Trinajstić information content (AvgIpc) is 3.10. The molecule has 0 amide bonds. The van der Waals surface area contributed by atoms with Gasteiger partial charge in [0.1, 0.15) is 5.75 Å².